The third kappa shape index (κ3) is 4.10. The highest BCUT2D eigenvalue weighted by Crippen LogP contribution is 2.34. The van der Waals surface area contributed by atoms with Crippen LogP contribution < -0.4 is 15.8 Å². The van der Waals surface area contributed by atoms with E-state index in [0.717, 1.165) is 28.4 Å². The van der Waals surface area contributed by atoms with E-state index in [1.807, 2.05) is 42.5 Å². The fourth-order valence-electron chi connectivity index (χ4n) is 2.96. The number of hydrogen-bond acceptors (Lipinski definition) is 3. The van der Waals surface area contributed by atoms with Gasteiger partial charge < -0.3 is 15.8 Å². The summed E-state index contributed by atoms with van der Waals surface area (Å²) >= 11 is 0. The van der Waals surface area contributed by atoms with Gasteiger partial charge in [0.1, 0.15) is 0 Å². The van der Waals surface area contributed by atoms with E-state index in [9.17, 15) is 0 Å². The third-order valence-corrected chi connectivity index (χ3v) is 4.28. The number of para-hydroxylation sites is 3. The minimum Gasteiger partial charge on any atom is -0.311 e. The van der Waals surface area contributed by atoms with Crippen molar-refractivity contribution in [3.05, 3.63) is 115 Å². The largest absolute Gasteiger partial charge is 0.311 e. The van der Waals surface area contributed by atoms with Crippen LogP contribution in [0.1, 0.15) is 0 Å². The first-order valence-electron chi connectivity index (χ1n) is 8.97. The van der Waals surface area contributed by atoms with Gasteiger partial charge in [-0.2, -0.15) is 0 Å². The van der Waals surface area contributed by atoms with Crippen molar-refractivity contribution in [1.29, 1.82) is 0 Å². The van der Waals surface area contributed by atoms with Crippen molar-refractivity contribution in [3.63, 3.8) is 0 Å². The van der Waals surface area contributed by atoms with Crippen molar-refractivity contribution in [2.45, 2.75) is 0 Å². The molecule has 0 radical (unpaired) electrons. The molecule has 0 saturated heterocycles. The van der Waals surface area contributed by atoms with E-state index < -0.39 is 0 Å². The number of nitrogens with one attached hydrogen (secondary N) is 2. The molecule has 4 aromatic carbocycles. The minimum atomic E-state index is 1.00. The molecule has 0 aromatic heterocycles. The van der Waals surface area contributed by atoms with E-state index in [4.69, 9.17) is 0 Å². The van der Waals surface area contributed by atoms with Gasteiger partial charge in [-0.3, -0.25) is 0 Å². The molecule has 0 spiro atoms. The van der Waals surface area contributed by atoms with Gasteiger partial charge in [0.2, 0.25) is 0 Å². The van der Waals surface area contributed by atoms with Crippen molar-refractivity contribution in [2.75, 3.05) is 15.8 Å². The highest BCUT2D eigenvalue weighted by molar-refractivity contribution is 5.77. The normalized spacial score (nSPS) is 10.2. The van der Waals surface area contributed by atoms with Gasteiger partial charge in [-0.1, -0.05) is 54.6 Å². The van der Waals surface area contributed by atoms with Gasteiger partial charge >= 0.3 is 0 Å². The van der Waals surface area contributed by atoms with Gasteiger partial charge in [0, 0.05) is 17.1 Å². The fraction of sp³-hybridized carbons (Fsp3) is 0. The lowest BCUT2D eigenvalue weighted by atomic mass is 10.2. The summed E-state index contributed by atoms with van der Waals surface area (Å²) in [5.74, 6) is 0. The molecule has 0 amide bonds. The van der Waals surface area contributed by atoms with Crippen molar-refractivity contribution in [1.82, 2.24) is 0 Å². The molecule has 3 nitrogen and oxygen atoms in total. The first-order valence-corrected chi connectivity index (χ1v) is 8.97. The average Bonchev–Trinajstić information content (AvgIpc) is 2.76. The summed E-state index contributed by atoms with van der Waals surface area (Å²) in [5, 5.41) is 0. The van der Waals surface area contributed by atoms with Crippen molar-refractivity contribution >= 4 is 28.4 Å². The summed E-state index contributed by atoms with van der Waals surface area (Å²) in [6.07, 6.45) is 0. The Morgan fingerprint density at radius 2 is 0.741 bits per heavy atom. The SMILES string of the molecule is c1ccc(NNc2ccc(N(c3ccccc3)c3ccccc3)cc2)cc1. The van der Waals surface area contributed by atoms with E-state index >= 15 is 0 Å². The molecule has 132 valence electrons. The quantitative estimate of drug-likeness (QED) is 0.383. The molecule has 0 fully saturated rings. The van der Waals surface area contributed by atoms with Crippen LogP contribution in [0, 0.1) is 0 Å². The van der Waals surface area contributed by atoms with Crippen molar-refractivity contribution in [2.24, 2.45) is 0 Å². The van der Waals surface area contributed by atoms with E-state index in [-0.39, 0.29) is 0 Å². The van der Waals surface area contributed by atoms with E-state index in [1.54, 1.807) is 0 Å². The number of anilines is 5. The van der Waals surface area contributed by atoms with Crippen molar-refractivity contribution < 1.29 is 0 Å². The van der Waals surface area contributed by atoms with Crippen LogP contribution in [0.3, 0.4) is 0 Å². The zero-order valence-electron chi connectivity index (χ0n) is 14.9. The third-order valence-electron chi connectivity index (χ3n) is 4.28. The maximum Gasteiger partial charge on any atom is 0.0541 e. The topological polar surface area (TPSA) is 27.3 Å². The molecule has 2 N–H and O–H groups in total. The predicted octanol–water partition coefficient (Wildman–Crippen LogP) is 6.60. The molecule has 3 heteroatoms. The molecule has 4 rings (SSSR count). The lowest BCUT2D eigenvalue weighted by Gasteiger charge is -2.25. The number of nitrogens with zero attached hydrogens (tertiary/aromatic N) is 1. The van der Waals surface area contributed by atoms with Gasteiger partial charge in [0.25, 0.3) is 0 Å². The lowest BCUT2D eigenvalue weighted by Crippen LogP contribution is -2.11. The predicted molar refractivity (Wildman–Crippen MR) is 115 cm³/mol. The van der Waals surface area contributed by atoms with Crippen LogP contribution in [0.25, 0.3) is 0 Å². The first-order chi connectivity index (χ1) is 13.4. The summed E-state index contributed by atoms with van der Waals surface area (Å²) in [6.45, 7) is 0. The Morgan fingerprint density at radius 1 is 0.370 bits per heavy atom. The van der Waals surface area contributed by atoms with Crippen LogP contribution in [0.4, 0.5) is 28.4 Å². The van der Waals surface area contributed by atoms with Gasteiger partial charge in [0.15, 0.2) is 0 Å². The monoisotopic (exact) mass is 351 g/mol. The highest BCUT2D eigenvalue weighted by atomic mass is 15.4. The van der Waals surface area contributed by atoms with Crippen LogP contribution >= 0.6 is 0 Å². The standard InChI is InChI=1S/C24H21N3/c1-4-10-20(11-5-1)25-26-21-16-18-24(19-17-21)27(22-12-6-2-7-13-22)23-14-8-3-9-15-23/h1-19,25-26H. The molecule has 0 bridgehead atoms. The average molecular weight is 351 g/mol. The van der Waals surface area contributed by atoms with Gasteiger partial charge in [-0.05, 0) is 60.7 Å². The summed E-state index contributed by atoms with van der Waals surface area (Å²) < 4.78 is 0. The fourth-order valence-corrected chi connectivity index (χ4v) is 2.96. The molecule has 0 aliphatic carbocycles. The highest BCUT2D eigenvalue weighted by Gasteiger charge is 2.11. The zero-order valence-corrected chi connectivity index (χ0v) is 14.9. The summed E-state index contributed by atoms with van der Waals surface area (Å²) in [6, 6.07) is 39.2. The van der Waals surface area contributed by atoms with E-state index in [0.29, 0.717) is 0 Å². The molecule has 0 aliphatic heterocycles. The van der Waals surface area contributed by atoms with E-state index in [2.05, 4.69) is 88.5 Å². The molecular weight excluding hydrogens is 330 g/mol. The molecule has 0 aliphatic rings. The number of rotatable bonds is 6. The molecule has 0 atom stereocenters. The molecule has 0 saturated carbocycles. The number of hydrogen-bond donors (Lipinski definition) is 2. The van der Waals surface area contributed by atoms with Crippen LogP contribution in [-0.2, 0) is 0 Å². The first kappa shape index (κ1) is 16.7. The summed E-state index contributed by atoms with van der Waals surface area (Å²) in [5.41, 5.74) is 11.8. The Bertz CT molecular complexity index is 913. The maximum atomic E-state index is 3.24. The second-order valence-electron chi connectivity index (χ2n) is 6.17. The van der Waals surface area contributed by atoms with Gasteiger partial charge in [0.05, 0.1) is 11.4 Å². The van der Waals surface area contributed by atoms with Crippen molar-refractivity contribution in [3.8, 4) is 0 Å². The second kappa shape index (κ2) is 8.11. The van der Waals surface area contributed by atoms with Crippen LogP contribution in [0.15, 0.2) is 115 Å². The van der Waals surface area contributed by atoms with E-state index in [1.165, 1.54) is 0 Å². The molecule has 0 heterocycles. The minimum absolute atomic E-state index is 1.00. The Balaban J connectivity index is 1.58. The second-order valence-corrected chi connectivity index (χ2v) is 6.17. The lowest BCUT2D eigenvalue weighted by molar-refractivity contribution is 1.28. The van der Waals surface area contributed by atoms with Gasteiger partial charge in [-0.15, -0.1) is 0 Å². The van der Waals surface area contributed by atoms with Crippen LogP contribution in [-0.4, -0.2) is 0 Å². The zero-order chi connectivity index (χ0) is 18.3. The maximum absolute atomic E-state index is 3.24. The number of benzene rings is 4. The molecule has 27 heavy (non-hydrogen) atoms. The summed E-state index contributed by atoms with van der Waals surface area (Å²) in [4.78, 5) is 2.24. The number of hydrazine groups is 1. The Kier molecular flexibility index (Phi) is 5.02. The Labute approximate surface area is 159 Å². The smallest absolute Gasteiger partial charge is 0.0541 e. The van der Waals surface area contributed by atoms with Gasteiger partial charge in [-0.25, -0.2) is 0 Å². The molecule has 0 unspecified atom stereocenters. The summed E-state index contributed by atoms with van der Waals surface area (Å²) in [7, 11) is 0. The molecular formula is C24H21N3. The van der Waals surface area contributed by atoms with Crippen LogP contribution in [0.2, 0.25) is 0 Å². The Morgan fingerprint density at radius 3 is 1.22 bits per heavy atom. The van der Waals surface area contributed by atoms with Crippen LogP contribution in [0.5, 0.6) is 0 Å². The molecule has 4 aromatic rings. The Hall–Kier alpha value is -3.72.